The normalized spacial score (nSPS) is 13.3. The Hall–Kier alpha value is -2.99. The van der Waals surface area contributed by atoms with Crippen LogP contribution in [0, 0.1) is 6.92 Å². The first-order valence-corrected chi connectivity index (χ1v) is 10.1. The van der Waals surface area contributed by atoms with Crippen LogP contribution in [0.4, 0.5) is 0 Å². The molecule has 0 fully saturated rings. The van der Waals surface area contributed by atoms with Crippen LogP contribution in [0.1, 0.15) is 22.9 Å². The van der Waals surface area contributed by atoms with E-state index >= 15 is 0 Å². The molecule has 1 aromatic carbocycles. The van der Waals surface area contributed by atoms with Crippen molar-refractivity contribution in [2.75, 3.05) is 0 Å². The number of aromatic nitrogens is 3. The number of hydrogen-bond donors (Lipinski definition) is 0. The fourth-order valence-electron chi connectivity index (χ4n) is 3.86. The summed E-state index contributed by atoms with van der Waals surface area (Å²) in [5.41, 5.74) is 6.74. The van der Waals surface area contributed by atoms with Crippen molar-refractivity contribution in [3.8, 4) is 22.5 Å². The van der Waals surface area contributed by atoms with Gasteiger partial charge in [0.15, 0.2) is 0 Å². The van der Waals surface area contributed by atoms with Crippen molar-refractivity contribution in [1.82, 2.24) is 19.7 Å². The Labute approximate surface area is 167 Å². The molecule has 0 atom stereocenters. The molecule has 0 radical (unpaired) electrons. The highest BCUT2D eigenvalue weighted by molar-refractivity contribution is 7.19. The lowest BCUT2D eigenvalue weighted by Crippen LogP contribution is -2.21. The van der Waals surface area contributed by atoms with Gasteiger partial charge in [-0.05, 0) is 35.7 Å². The molecule has 0 bridgehead atoms. The van der Waals surface area contributed by atoms with Crippen LogP contribution >= 0.6 is 11.3 Å². The maximum absolute atomic E-state index is 11.9. The predicted molar refractivity (Wildman–Crippen MR) is 112 cm³/mol. The van der Waals surface area contributed by atoms with E-state index in [0.29, 0.717) is 13.1 Å². The predicted octanol–water partition coefficient (Wildman–Crippen LogP) is 4.53. The number of thiophene rings is 1. The maximum Gasteiger partial charge on any atom is 0.220 e. The van der Waals surface area contributed by atoms with Crippen molar-refractivity contribution in [2.45, 2.75) is 26.9 Å². The molecule has 0 saturated heterocycles. The molecule has 140 valence electrons. The lowest BCUT2D eigenvalue weighted by Gasteiger charge is -2.14. The first-order valence-electron chi connectivity index (χ1n) is 9.27. The number of pyridine rings is 1. The largest absolute Gasteiger partial charge is 0.333 e. The fourth-order valence-corrected chi connectivity index (χ4v) is 5.08. The number of carbonyl (C=O) groups excluding carboxylic acids is 1. The van der Waals surface area contributed by atoms with Crippen LogP contribution < -0.4 is 0 Å². The van der Waals surface area contributed by atoms with Gasteiger partial charge in [0.25, 0.3) is 0 Å². The van der Waals surface area contributed by atoms with E-state index in [2.05, 4.69) is 42.4 Å². The van der Waals surface area contributed by atoms with Crippen LogP contribution in [-0.2, 0) is 24.9 Å². The molecule has 6 heteroatoms. The Morgan fingerprint density at radius 2 is 1.93 bits per heavy atom. The molecule has 1 aliphatic heterocycles. The molecule has 0 unspecified atom stereocenters. The Morgan fingerprint density at radius 3 is 2.61 bits per heavy atom. The van der Waals surface area contributed by atoms with Crippen molar-refractivity contribution in [3.05, 3.63) is 58.6 Å². The van der Waals surface area contributed by atoms with Crippen molar-refractivity contribution < 1.29 is 4.79 Å². The molecule has 1 amide bonds. The number of hydrogen-bond acceptors (Lipinski definition) is 4. The van der Waals surface area contributed by atoms with E-state index in [1.807, 2.05) is 22.7 Å². The van der Waals surface area contributed by atoms with Gasteiger partial charge in [0.2, 0.25) is 5.91 Å². The Morgan fingerprint density at radius 1 is 1.14 bits per heavy atom. The molecule has 3 aromatic heterocycles. The minimum Gasteiger partial charge on any atom is -0.333 e. The average Bonchev–Trinajstić information content (AvgIpc) is 3.35. The van der Waals surface area contributed by atoms with Crippen LogP contribution in [0.3, 0.4) is 0 Å². The number of carbonyl (C=O) groups is 1. The third kappa shape index (κ3) is 2.64. The van der Waals surface area contributed by atoms with Crippen LogP contribution in [0.2, 0.25) is 0 Å². The summed E-state index contributed by atoms with van der Waals surface area (Å²) in [5.74, 6) is 0.118. The number of benzene rings is 1. The first-order chi connectivity index (χ1) is 13.5. The highest BCUT2D eigenvalue weighted by Crippen LogP contribution is 2.43. The van der Waals surface area contributed by atoms with Gasteiger partial charge in [-0.15, -0.1) is 11.3 Å². The van der Waals surface area contributed by atoms with Gasteiger partial charge >= 0.3 is 0 Å². The molecular formula is C22H20N4OS. The van der Waals surface area contributed by atoms with Gasteiger partial charge in [-0.3, -0.25) is 9.48 Å². The monoisotopic (exact) mass is 388 g/mol. The van der Waals surface area contributed by atoms with Gasteiger partial charge in [0.05, 0.1) is 17.9 Å². The summed E-state index contributed by atoms with van der Waals surface area (Å²) >= 11 is 1.70. The van der Waals surface area contributed by atoms with Gasteiger partial charge in [0, 0.05) is 37.0 Å². The second kappa shape index (κ2) is 6.27. The molecular weight excluding hydrogens is 368 g/mol. The molecule has 1 aliphatic rings. The quantitative estimate of drug-likeness (QED) is 0.507. The summed E-state index contributed by atoms with van der Waals surface area (Å²) in [4.78, 5) is 21.0. The molecule has 0 N–H and O–H groups in total. The van der Waals surface area contributed by atoms with Crippen molar-refractivity contribution >= 4 is 27.5 Å². The van der Waals surface area contributed by atoms with Crippen LogP contribution in [-0.4, -0.2) is 25.6 Å². The van der Waals surface area contributed by atoms with Crippen molar-refractivity contribution in [3.63, 3.8) is 0 Å². The average molecular weight is 388 g/mol. The van der Waals surface area contributed by atoms with Gasteiger partial charge in [-0.25, -0.2) is 4.98 Å². The van der Waals surface area contributed by atoms with Gasteiger partial charge in [-0.2, -0.15) is 5.10 Å². The topological polar surface area (TPSA) is 51.0 Å². The third-order valence-electron chi connectivity index (χ3n) is 5.42. The molecule has 5 nitrogen and oxygen atoms in total. The zero-order valence-electron chi connectivity index (χ0n) is 16.1. The first kappa shape index (κ1) is 17.1. The summed E-state index contributed by atoms with van der Waals surface area (Å²) in [7, 11) is 1.94. The number of amides is 1. The lowest BCUT2D eigenvalue weighted by atomic mass is 9.98. The van der Waals surface area contributed by atoms with E-state index in [-0.39, 0.29) is 5.91 Å². The number of rotatable bonds is 2. The summed E-state index contributed by atoms with van der Waals surface area (Å²) < 4.78 is 1.85. The van der Waals surface area contributed by atoms with E-state index in [1.54, 1.807) is 24.5 Å². The van der Waals surface area contributed by atoms with E-state index in [1.165, 1.54) is 32.5 Å². The zero-order chi connectivity index (χ0) is 19.4. The Bertz CT molecular complexity index is 1220. The second-order valence-corrected chi connectivity index (χ2v) is 8.40. The van der Waals surface area contributed by atoms with Crippen LogP contribution in [0.15, 0.2) is 42.6 Å². The number of fused-ring (bicyclic) bond motifs is 3. The lowest BCUT2D eigenvalue weighted by molar-refractivity contribution is -0.129. The molecule has 28 heavy (non-hydrogen) atoms. The Kier molecular flexibility index (Phi) is 3.84. The summed E-state index contributed by atoms with van der Waals surface area (Å²) in [5, 5.41) is 5.48. The summed E-state index contributed by atoms with van der Waals surface area (Å²) in [6.07, 6.45) is 1.80. The minimum atomic E-state index is 0.118. The molecule has 5 rings (SSSR count). The molecule has 0 aliphatic carbocycles. The standard InChI is InChI=1S/C22H20N4OS/c1-13-4-6-15(7-5-13)16-10-18(19-8-9-23-25(19)3)24-22-21(16)17-11-26(14(2)27)12-20(17)28-22/h4-10H,11-12H2,1-3H3. The zero-order valence-corrected chi connectivity index (χ0v) is 16.9. The van der Waals surface area contributed by atoms with Crippen molar-refractivity contribution in [2.24, 2.45) is 7.05 Å². The SMILES string of the molecule is CC(=O)N1Cc2sc3nc(-c4ccnn4C)cc(-c4ccc(C)cc4)c3c2C1. The van der Waals surface area contributed by atoms with Gasteiger partial charge in [0.1, 0.15) is 4.83 Å². The second-order valence-electron chi connectivity index (χ2n) is 7.32. The molecule has 4 aromatic rings. The Balaban J connectivity index is 1.77. The highest BCUT2D eigenvalue weighted by atomic mass is 32.1. The molecule has 4 heterocycles. The van der Waals surface area contributed by atoms with E-state index in [9.17, 15) is 4.79 Å². The third-order valence-corrected chi connectivity index (χ3v) is 6.53. The van der Waals surface area contributed by atoms with Gasteiger partial charge < -0.3 is 4.90 Å². The van der Waals surface area contributed by atoms with Crippen molar-refractivity contribution in [1.29, 1.82) is 0 Å². The molecule has 0 saturated carbocycles. The fraction of sp³-hybridized carbons (Fsp3) is 0.227. The van der Waals surface area contributed by atoms with E-state index in [0.717, 1.165) is 16.2 Å². The minimum absolute atomic E-state index is 0.118. The summed E-state index contributed by atoms with van der Waals surface area (Å²) in [6, 6.07) is 12.8. The number of nitrogens with zero attached hydrogens (tertiary/aromatic N) is 4. The summed E-state index contributed by atoms with van der Waals surface area (Å²) in [6.45, 7) is 5.08. The van der Waals surface area contributed by atoms with Crippen LogP contribution in [0.25, 0.3) is 32.7 Å². The smallest absolute Gasteiger partial charge is 0.220 e. The number of aryl methyl sites for hydroxylation is 2. The van der Waals surface area contributed by atoms with Gasteiger partial charge in [-0.1, -0.05) is 29.8 Å². The maximum atomic E-state index is 11.9. The van der Waals surface area contributed by atoms with E-state index in [4.69, 9.17) is 4.98 Å². The van der Waals surface area contributed by atoms with E-state index < -0.39 is 0 Å². The van der Waals surface area contributed by atoms with Crippen LogP contribution in [0.5, 0.6) is 0 Å². The molecule has 0 spiro atoms. The highest BCUT2D eigenvalue weighted by Gasteiger charge is 2.28.